The van der Waals surface area contributed by atoms with Gasteiger partial charge in [-0.15, -0.1) is 24.0 Å². The molecule has 2 N–H and O–H groups in total. The molecule has 0 heterocycles. The molecule has 5 nitrogen and oxygen atoms in total. The summed E-state index contributed by atoms with van der Waals surface area (Å²) in [5.41, 5.74) is 7.15. The normalized spacial score (nSPS) is 18.2. The van der Waals surface area contributed by atoms with Crippen LogP contribution < -0.4 is 15.2 Å². The summed E-state index contributed by atoms with van der Waals surface area (Å²) in [6, 6.07) is 6.51. The minimum absolute atomic E-state index is 0. The topological polar surface area (TPSA) is 60.1 Å². The molecule has 1 aromatic carbocycles. The fourth-order valence-corrected chi connectivity index (χ4v) is 3.01. The quantitative estimate of drug-likeness (QED) is 0.414. The lowest BCUT2D eigenvalue weighted by atomic mass is 10.2. The average molecular weight is 445 g/mol. The van der Waals surface area contributed by atoms with Crippen molar-refractivity contribution < 1.29 is 9.47 Å². The second-order valence-corrected chi connectivity index (χ2v) is 6.51. The number of hydrogen-bond donors (Lipinski definition) is 1. The van der Waals surface area contributed by atoms with Crippen LogP contribution >= 0.6 is 24.0 Å². The molecule has 24 heavy (non-hydrogen) atoms. The summed E-state index contributed by atoms with van der Waals surface area (Å²) < 4.78 is 11.5. The first-order valence-electron chi connectivity index (χ1n) is 8.53. The molecule has 0 radical (unpaired) electrons. The van der Waals surface area contributed by atoms with Crippen LogP contribution in [0.5, 0.6) is 11.5 Å². The summed E-state index contributed by atoms with van der Waals surface area (Å²) in [6.07, 6.45) is 7.51. The maximum atomic E-state index is 6.20. The van der Waals surface area contributed by atoms with E-state index in [1.807, 2.05) is 25.2 Å². The van der Waals surface area contributed by atoms with Crippen molar-refractivity contribution in [3.8, 4) is 11.5 Å². The van der Waals surface area contributed by atoms with Gasteiger partial charge in [0.1, 0.15) is 11.5 Å². The molecule has 0 spiro atoms. The van der Waals surface area contributed by atoms with Crippen LogP contribution in [0.3, 0.4) is 0 Å². The van der Waals surface area contributed by atoms with Crippen LogP contribution in [-0.4, -0.2) is 37.2 Å². The highest BCUT2D eigenvalue weighted by Crippen LogP contribution is 2.30. The summed E-state index contributed by atoms with van der Waals surface area (Å²) in [5, 5.41) is 0. The summed E-state index contributed by atoms with van der Waals surface area (Å²) in [6.45, 7) is 0.537. The minimum atomic E-state index is 0. The van der Waals surface area contributed by atoms with E-state index in [-0.39, 0.29) is 24.0 Å². The lowest BCUT2D eigenvalue weighted by molar-refractivity contribution is 0.207. The number of nitrogens with zero attached hydrogens (tertiary/aromatic N) is 2. The van der Waals surface area contributed by atoms with Gasteiger partial charge in [0.15, 0.2) is 5.96 Å². The van der Waals surface area contributed by atoms with E-state index in [0.717, 1.165) is 29.9 Å². The molecule has 3 rings (SSSR count). The van der Waals surface area contributed by atoms with Crippen molar-refractivity contribution >= 4 is 29.9 Å². The first-order chi connectivity index (χ1) is 11.2. The van der Waals surface area contributed by atoms with E-state index in [0.29, 0.717) is 24.7 Å². The molecule has 2 fully saturated rings. The van der Waals surface area contributed by atoms with Gasteiger partial charge >= 0.3 is 0 Å². The van der Waals surface area contributed by atoms with Crippen LogP contribution in [0.1, 0.15) is 44.1 Å². The largest absolute Gasteiger partial charge is 0.497 e. The van der Waals surface area contributed by atoms with Gasteiger partial charge in [0.05, 0.1) is 19.8 Å². The molecule has 6 heteroatoms. The second-order valence-electron chi connectivity index (χ2n) is 6.51. The van der Waals surface area contributed by atoms with Gasteiger partial charge in [-0.2, -0.15) is 0 Å². The van der Waals surface area contributed by atoms with Crippen LogP contribution in [-0.2, 0) is 6.54 Å². The Kier molecular flexibility index (Phi) is 7.01. The van der Waals surface area contributed by atoms with Crippen molar-refractivity contribution in [2.75, 3.05) is 14.2 Å². The number of aliphatic imine (C=N–C) groups is 1. The number of benzene rings is 1. The fraction of sp³-hybridized carbons (Fsp3) is 0.611. The monoisotopic (exact) mass is 445 g/mol. The molecular weight excluding hydrogens is 417 g/mol. The van der Waals surface area contributed by atoms with Crippen molar-refractivity contribution in [2.24, 2.45) is 10.7 Å². The number of hydrogen-bond acceptors (Lipinski definition) is 3. The van der Waals surface area contributed by atoms with Gasteiger partial charge in [-0.25, -0.2) is 4.99 Å². The molecule has 2 aliphatic rings. The summed E-state index contributed by atoms with van der Waals surface area (Å²) in [7, 11) is 3.69. The number of halogens is 1. The number of rotatable bonds is 6. The van der Waals surface area contributed by atoms with Crippen molar-refractivity contribution in [3.63, 3.8) is 0 Å². The van der Waals surface area contributed by atoms with E-state index in [1.165, 1.54) is 25.7 Å². The van der Waals surface area contributed by atoms with E-state index in [4.69, 9.17) is 15.2 Å². The highest BCUT2D eigenvalue weighted by atomic mass is 127. The number of nitrogens with two attached hydrogens (primary N) is 1. The average Bonchev–Trinajstić information content (AvgIpc) is 3.30. The van der Waals surface area contributed by atoms with Crippen LogP contribution in [0.4, 0.5) is 0 Å². The van der Waals surface area contributed by atoms with Gasteiger partial charge in [0.25, 0.3) is 0 Å². The number of guanidine groups is 1. The number of methoxy groups -OCH3 is 1. The summed E-state index contributed by atoms with van der Waals surface area (Å²) in [4.78, 5) is 6.62. The smallest absolute Gasteiger partial charge is 0.191 e. The molecule has 0 unspecified atom stereocenters. The molecule has 0 aromatic heterocycles. The highest BCUT2D eigenvalue weighted by Gasteiger charge is 2.27. The first kappa shape index (κ1) is 19.1. The van der Waals surface area contributed by atoms with Crippen molar-refractivity contribution in [2.45, 2.75) is 57.2 Å². The Hall–Kier alpha value is -1.18. The fourth-order valence-electron chi connectivity index (χ4n) is 3.01. The minimum Gasteiger partial charge on any atom is -0.497 e. The highest BCUT2D eigenvalue weighted by molar-refractivity contribution is 14.0. The third kappa shape index (κ3) is 4.91. The predicted molar refractivity (Wildman–Crippen MR) is 107 cm³/mol. The Balaban J connectivity index is 0.00000208. The van der Waals surface area contributed by atoms with Gasteiger partial charge in [0.2, 0.25) is 0 Å². The first-order valence-corrected chi connectivity index (χ1v) is 8.53. The van der Waals surface area contributed by atoms with Crippen molar-refractivity contribution in [3.05, 3.63) is 23.8 Å². The van der Waals surface area contributed by atoms with Crippen molar-refractivity contribution in [1.29, 1.82) is 0 Å². The lowest BCUT2D eigenvalue weighted by Crippen LogP contribution is -2.35. The maximum Gasteiger partial charge on any atom is 0.191 e. The Morgan fingerprint density at radius 1 is 1.25 bits per heavy atom. The van der Waals surface area contributed by atoms with Crippen LogP contribution in [0.15, 0.2) is 23.2 Å². The van der Waals surface area contributed by atoms with E-state index in [9.17, 15) is 0 Å². The van der Waals surface area contributed by atoms with E-state index < -0.39 is 0 Å². The third-order valence-electron chi connectivity index (χ3n) is 4.74. The molecule has 2 saturated carbocycles. The Morgan fingerprint density at radius 3 is 2.58 bits per heavy atom. The molecule has 0 bridgehead atoms. The zero-order valence-corrected chi connectivity index (χ0v) is 16.9. The zero-order valence-electron chi connectivity index (χ0n) is 14.5. The van der Waals surface area contributed by atoms with E-state index in [1.54, 1.807) is 7.11 Å². The number of ether oxygens (including phenoxy) is 2. The van der Waals surface area contributed by atoms with Crippen LogP contribution in [0, 0.1) is 0 Å². The molecule has 2 aliphatic carbocycles. The van der Waals surface area contributed by atoms with Crippen LogP contribution in [0.2, 0.25) is 0 Å². The van der Waals surface area contributed by atoms with E-state index >= 15 is 0 Å². The zero-order chi connectivity index (χ0) is 16.2. The lowest BCUT2D eigenvalue weighted by Gasteiger charge is -2.19. The molecule has 0 aliphatic heterocycles. The van der Waals surface area contributed by atoms with Gasteiger partial charge in [0, 0.05) is 24.7 Å². The van der Waals surface area contributed by atoms with Gasteiger partial charge in [-0.05, 0) is 50.7 Å². The van der Waals surface area contributed by atoms with Crippen molar-refractivity contribution in [1.82, 2.24) is 4.90 Å². The second kappa shape index (κ2) is 8.78. The third-order valence-corrected chi connectivity index (χ3v) is 4.74. The molecule has 1 aromatic rings. The standard InChI is InChI=1S/C18H27N3O2.HI/c1-21(14-8-9-14)18(19)20-12-13-7-10-16(22-2)11-17(13)23-15-5-3-4-6-15;/h7,10-11,14-15H,3-6,8-9,12H2,1-2H3,(H2,19,20);1H. The Morgan fingerprint density at radius 2 is 1.96 bits per heavy atom. The van der Waals surface area contributed by atoms with Gasteiger partial charge in [-0.1, -0.05) is 0 Å². The van der Waals surface area contributed by atoms with Crippen LogP contribution in [0.25, 0.3) is 0 Å². The van der Waals surface area contributed by atoms with Gasteiger partial charge in [-0.3, -0.25) is 0 Å². The summed E-state index contributed by atoms with van der Waals surface area (Å²) >= 11 is 0. The molecule has 0 atom stereocenters. The van der Waals surface area contributed by atoms with E-state index in [2.05, 4.69) is 9.89 Å². The Labute approximate surface area is 161 Å². The molecule has 0 amide bonds. The SMILES string of the molecule is COc1ccc(CN=C(N)N(C)C2CC2)c(OC2CCCC2)c1.I. The molecule has 0 saturated heterocycles. The molecule has 134 valence electrons. The molecular formula is C18H28IN3O2. The summed E-state index contributed by atoms with van der Waals surface area (Å²) in [5.74, 6) is 2.30. The van der Waals surface area contributed by atoms with Gasteiger partial charge < -0.3 is 20.1 Å². The maximum absolute atomic E-state index is 6.20. The Bertz CT molecular complexity index is 569. The predicted octanol–water partition coefficient (Wildman–Crippen LogP) is 3.54.